The Kier molecular flexibility index (Phi) is 19.9. The number of hydrogen-bond donors (Lipinski definition) is 0. The molecule has 1 fully saturated rings. The molecule has 53 heavy (non-hydrogen) atoms. The predicted molar refractivity (Wildman–Crippen MR) is 201 cm³/mol. The van der Waals surface area contributed by atoms with Gasteiger partial charge in [-0.2, -0.15) is 0 Å². The number of carbonyl (C=O) groups excluding carboxylic acids is 4. The highest BCUT2D eigenvalue weighted by Crippen LogP contribution is 2.11. The van der Waals surface area contributed by atoms with Crippen LogP contribution < -0.4 is 0 Å². The summed E-state index contributed by atoms with van der Waals surface area (Å²) in [6, 6.07) is 9.50. The zero-order valence-corrected chi connectivity index (χ0v) is 33.8. The average molecular weight is 751 g/mol. The molecule has 1 aromatic carbocycles. The van der Waals surface area contributed by atoms with Crippen LogP contribution in [0.1, 0.15) is 67.9 Å². The summed E-state index contributed by atoms with van der Waals surface area (Å²) < 4.78 is 34.4. The van der Waals surface area contributed by atoms with Crippen molar-refractivity contribution in [2.45, 2.75) is 85.7 Å². The van der Waals surface area contributed by atoms with E-state index in [2.05, 4.69) is 0 Å². The summed E-state index contributed by atoms with van der Waals surface area (Å²) in [6.07, 6.45) is 0. The lowest BCUT2D eigenvalue weighted by atomic mass is 10.2. The Morgan fingerprint density at radius 1 is 0.491 bits per heavy atom. The maximum atomic E-state index is 12.9. The second-order valence-electron chi connectivity index (χ2n) is 16.2. The largest absolute Gasteiger partial charge is 0.460 e. The van der Waals surface area contributed by atoms with Gasteiger partial charge in [-0.3, -0.25) is 38.8 Å². The van der Waals surface area contributed by atoms with Gasteiger partial charge in [0.1, 0.15) is 23.4 Å². The Bertz CT molecular complexity index is 1240. The van der Waals surface area contributed by atoms with Crippen molar-refractivity contribution in [3.05, 3.63) is 35.9 Å². The Balaban J connectivity index is 2.20. The second-order valence-corrected chi connectivity index (χ2v) is 16.2. The Morgan fingerprint density at radius 3 is 1.09 bits per heavy atom. The van der Waals surface area contributed by atoms with E-state index in [-0.39, 0.29) is 56.7 Å². The molecule has 2 rings (SSSR count). The summed E-state index contributed by atoms with van der Waals surface area (Å²) in [5.74, 6) is -1.41. The summed E-state index contributed by atoms with van der Waals surface area (Å²) in [7, 11) is 0. The lowest BCUT2D eigenvalue weighted by molar-refractivity contribution is -0.158. The van der Waals surface area contributed by atoms with Gasteiger partial charge in [0.25, 0.3) is 0 Å². The van der Waals surface area contributed by atoms with Gasteiger partial charge in [0.05, 0.1) is 52.6 Å². The SMILES string of the molecule is CC(C)(C)OC(=O)CN1CCOCCN(CC(=O)OC(C)(C)C)CCN(CC(=O)OC(C)(C)C)CCOCCN(CC(=O)OCc2ccccc2)CC1. The van der Waals surface area contributed by atoms with Crippen molar-refractivity contribution >= 4 is 23.9 Å². The number of ether oxygens (including phenoxy) is 6. The Labute approximate surface area is 317 Å². The molecule has 0 aromatic heterocycles. The van der Waals surface area contributed by atoms with Crippen LogP contribution >= 0.6 is 0 Å². The minimum Gasteiger partial charge on any atom is -0.460 e. The molecular formula is C39H66N4O10. The first-order valence-electron chi connectivity index (χ1n) is 18.7. The maximum Gasteiger partial charge on any atom is 0.320 e. The average Bonchev–Trinajstić information content (AvgIpc) is 3.01. The fourth-order valence-electron chi connectivity index (χ4n) is 5.26. The molecule has 0 amide bonds. The van der Waals surface area contributed by atoms with Crippen LogP contribution in [0.5, 0.6) is 0 Å². The molecule has 0 saturated carbocycles. The molecule has 0 spiro atoms. The number of esters is 4. The lowest BCUT2D eigenvalue weighted by Gasteiger charge is -2.30. The number of hydrogen-bond acceptors (Lipinski definition) is 14. The van der Waals surface area contributed by atoms with E-state index in [1.165, 1.54) is 0 Å². The van der Waals surface area contributed by atoms with Gasteiger partial charge in [0.15, 0.2) is 0 Å². The minimum atomic E-state index is -0.629. The van der Waals surface area contributed by atoms with Crippen molar-refractivity contribution < 1.29 is 47.6 Å². The van der Waals surface area contributed by atoms with Crippen molar-refractivity contribution in [2.24, 2.45) is 0 Å². The zero-order chi connectivity index (χ0) is 39.5. The molecule has 0 unspecified atom stereocenters. The van der Waals surface area contributed by atoms with Gasteiger partial charge in [-0.1, -0.05) is 30.3 Å². The van der Waals surface area contributed by atoms with Gasteiger partial charge in [-0.25, -0.2) is 0 Å². The molecule has 0 aliphatic carbocycles. The molecule has 14 nitrogen and oxygen atoms in total. The standard InChI is InChI=1S/C39H66N4O10/c1-37(2,3)51-34(45)28-41-16-15-40(27-33(44)50-31-32-13-11-10-12-14-32)19-23-48-24-21-42(29-35(46)52-38(4,5)6)17-18-43(22-26-49-25-20-41)30-36(47)53-39(7,8)9/h10-14H,15-31H2,1-9H3. The van der Waals surface area contributed by atoms with E-state index in [9.17, 15) is 19.2 Å². The Hall–Kier alpha value is -3.14. The summed E-state index contributed by atoms with van der Waals surface area (Å²) in [5, 5.41) is 0. The van der Waals surface area contributed by atoms with E-state index in [4.69, 9.17) is 28.4 Å². The van der Waals surface area contributed by atoms with Crippen molar-refractivity contribution in [3.63, 3.8) is 0 Å². The molecule has 0 atom stereocenters. The van der Waals surface area contributed by atoms with Crippen molar-refractivity contribution in [1.82, 2.24) is 19.6 Å². The molecule has 0 bridgehead atoms. The number of nitrogens with zero attached hydrogens (tertiary/aromatic N) is 4. The fourth-order valence-corrected chi connectivity index (χ4v) is 5.26. The highest BCUT2D eigenvalue weighted by atomic mass is 16.6. The first-order chi connectivity index (χ1) is 24.8. The van der Waals surface area contributed by atoms with Crippen molar-refractivity contribution in [2.75, 3.05) is 105 Å². The van der Waals surface area contributed by atoms with Crippen LogP contribution in [0.4, 0.5) is 0 Å². The summed E-state index contributed by atoms with van der Waals surface area (Å²) in [6.45, 7) is 21.8. The molecule has 1 aliphatic rings. The van der Waals surface area contributed by atoms with Crippen LogP contribution in [0.25, 0.3) is 0 Å². The van der Waals surface area contributed by atoms with E-state index in [1.807, 2.05) is 112 Å². The smallest absolute Gasteiger partial charge is 0.320 e. The fraction of sp³-hybridized carbons (Fsp3) is 0.744. The number of rotatable bonds is 10. The third-order valence-electron chi connectivity index (χ3n) is 7.59. The van der Waals surface area contributed by atoms with E-state index in [1.54, 1.807) is 0 Å². The number of carbonyl (C=O) groups is 4. The molecule has 14 heteroatoms. The molecule has 1 saturated heterocycles. The third kappa shape index (κ3) is 24.0. The predicted octanol–water partition coefficient (Wildman–Crippen LogP) is 3.01. The summed E-state index contributed by atoms with van der Waals surface area (Å²) >= 11 is 0. The van der Waals surface area contributed by atoms with Crippen LogP contribution in [-0.4, -0.2) is 165 Å². The van der Waals surface area contributed by atoms with E-state index < -0.39 is 16.8 Å². The Morgan fingerprint density at radius 2 is 0.792 bits per heavy atom. The minimum absolute atomic E-state index is 0.0468. The first-order valence-corrected chi connectivity index (χ1v) is 18.7. The molecule has 1 heterocycles. The van der Waals surface area contributed by atoms with E-state index in [0.717, 1.165) is 5.56 Å². The molecule has 302 valence electrons. The van der Waals surface area contributed by atoms with Gasteiger partial charge >= 0.3 is 23.9 Å². The zero-order valence-electron chi connectivity index (χ0n) is 33.8. The maximum absolute atomic E-state index is 12.9. The van der Waals surface area contributed by atoms with Crippen molar-refractivity contribution in [1.29, 1.82) is 0 Å². The van der Waals surface area contributed by atoms with Crippen molar-refractivity contribution in [3.8, 4) is 0 Å². The normalized spacial score (nSPS) is 18.0. The van der Waals surface area contributed by atoms with Crippen LogP contribution in [0, 0.1) is 0 Å². The molecule has 1 aromatic rings. The quantitative estimate of drug-likeness (QED) is 0.256. The summed E-state index contributed by atoms with van der Waals surface area (Å²) in [5.41, 5.74) is -0.981. The van der Waals surface area contributed by atoms with Crippen LogP contribution in [0.3, 0.4) is 0 Å². The highest BCUT2D eigenvalue weighted by molar-refractivity contribution is 5.73. The highest BCUT2D eigenvalue weighted by Gasteiger charge is 2.24. The summed E-state index contributed by atoms with van der Waals surface area (Å²) in [4.78, 5) is 59.2. The molecule has 0 radical (unpaired) electrons. The van der Waals surface area contributed by atoms with Crippen LogP contribution in [0.2, 0.25) is 0 Å². The molecule has 1 aliphatic heterocycles. The van der Waals surface area contributed by atoms with E-state index in [0.29, 0.717) is 78.8 Å². The topological polar surface area (TPSA) is 137 Å². The first kappa shape index (κ1) is 46.0. The lowest BCUT2D eigenvalue weighted by Crippen LogP contribution is -2.45. The molecular weight excluding hydrogens is 684 g/mol. The molecule has 0 N–H and O–H groups in total. The van der Waals surface area contributed by atoms with Gasteiger partial charge < -0.3 is 28.4 Å². The van der Waals surface area contributed by atoms with Gasteiger partial charge in [0, 0.05) is 52.4 Å². The second kappa shape index (κ2) is 22.9. The van der Waals surface area contributed by atoms with Gasteiger partial charge in [0.2, 0.25) is 0 Å². The van der Waals surface area contributed by atoms with Gasteiger partial charge in [-0.15, -0.1) is 0 Å². The van der Waals surface area contributed by atoms with Crippen LogP contribution in [0.15, 0.2) is 30.3 Å². The third-order valence-corrected chi connectivity index (χ3v) is 7.59. The van der Waals surface area contributed by atoms with Gasteiger partial charge in [-0.05, 0) is 67.9 Å². The van der Waals surface area contributed by atoms with Crippen LogP contribution in [-0.2, 0) is 54.2 Å². The monoisotopic (exact) mass is 750 g/mol. The number of benzene rings is 1. The van der Waals surface area contributed by atoms with E-state index >= 15 is 0 Å².